The Labute approximate surface area is 289 Å². The monoisotopic (exact) mass is 689 g/mol. The van der Waals surface area contributed by atoms with E-state index >= 15 is 0 Å². The second kappa shape index (κ2) is 13.8. The number of fused-ring (bicyclic) bond motifs is 1. The molecule has 0 aliphatic carbocycles. The summed E-state index contributed by atoms with van der Waals surface area (Å²) in [5, 5.41) is 8.76. The number of carbonyl (C=O) groups is 1. The van der Waals surface area contributed by atoms with Crippen molar-refractivity contribution >= 4 is 52.5 Å². The Hall–Kier alpha value is -4.16. The first-order valence-corrected chi connectivity index (χ1v) is 16.9. The molecule has 0 bridgehead atoms. The van der Waals surface area contributed by atoms with Crippen LogP contribution in [0.15, 0.2) is 78.3 Å². The zero-order chi connectivity index (χ0) is 33.3. The zero-order valence-corrected chi connectivity index (χ0v) is 28.3. The Kier molecular flexibility index (Phi) is 9.28. The molecule has 1 saturated heterocycles. The van der Waals surface area contributed by atoms with Gasteiger partial charge in [-0.25, -0.2) is 9.67 Å². The van der Waals surface area contributed by atoms with Crippen LogP contribution in [-0.4, -0.2) is 65.5 Å². The topological polar surface area (TPSA) is 106 Å². The molecular formula is C35H37Cl2N7O4. The van der Waals surface area contributed by atoms with Gasteiger partial charge in [0.15, 0.2) is 0 Å². The van der Waals surface area contributed by atoms with Crippen LogP contribution >= 0.6 is 23.2 Å². The fourth-order valence-corrected chi connectivity index (χ4v) is 6.84. The molecule has 13 heteroatoms. The maximum absolute atomic E-state index is 12.9. The summed E-state index contributed by atoms with van der Waals surface area (Å²) in [5.74, 6) is -0.191. The Morgan fingerprint density at radius 2 is 1.94 bits per heavy atom. The number of halogens is 2. The van der Waals surface area contributed by atoms with Crippen molar-refractivity contribution in [1.29, 1.82) is 0 Å². The van der Waals surface area contributed by atoms with Crippen LogP contribution in [-0.2, 0) is 33.1 Å². The predicted molar refractivity (Wildman–Crippen MR) is 186 cm³/mol. The van der Waals surface area contributed by atoms with Crippen LogP contribution in [0.3, 0.4) is 0 Å². The fraction of sp³-hybridized carbons (Fsp3) is 0.371. The number of anilines is 3. The molecule has 4 atom stereocenters. The van der Waals surface area contributed by atoms with Gasteiger partial charge >= 0.3 is 0 Å². The highest BCUT2D eigenvalue weighted by molar-refractivity contribution is 6.35. The maximum atomic E-state index is 12.9. The minimum absolute atomic E-state index is 0.0344. The molecule has 1 fully saturated rings. The number of rotatable bonds is 10. The largest absolute Gasteiger partial charge is 0.491 e. The molecule has 3 aliphatic rings. The highest BCUT2D eigenvalue weighted by atomic mass is 35.5. The summed E-state index contributed by atoms with van der Waals surface area (Å²) in [6.07, 6.45) is 5.29. The highest BCUT2D eigenvalue weighted by Crippen LogP contribution is 2.41. The Morgan fingerprint density at radius 3 is 2.71 bits per heavy atom. The van der Waals surface area contributed by atoms with Gasteiger partial charge in [-0.1, -0.05) is 55.6 Å². The van der Waals surface area contributed by atoms with Gasteiger partial charge in [-0.15, -0.1) is 0 Å². The average molecular weight is 691 g/mol. The van der Waals surface area contributed by atoms with Gasteiger partial charge in [-0.05, 0) is 53.9 Å². The molecule has 7 rings (SSSR count). The molecule has 2 unspecified atom stereocenters. The van der Waals surface area contributed by atoms with Gasteiger partial charge in [0.25, 0.3) is 5.91 Å². The predicted octanol–water partition coefficient (Wildman–Crippen LogP) is 6.15. The van der Waals surface area contributed by atoms with Gasteiger partial charge in [0.2, 0.25) is 5.79 Å². The molecule has 0 saturated carbocycles. The third kappa shape index (κ3) is 6.60. The van der Waals surface area contributed by atoms with E-state index in [1.165, 1.54) is 6.33 Å². The number of benzene rings is 3. The third-order valence-corrected chi connectivity index (χ3v) is 9.67. The lowest BCUT2D eigenvalue weighted by atomic mass is 9.99. The van der Waals surface area contributed by atoms with E-state index in [0.29, 0.717) is 22.2 Å². The van der Waals surface area contributed by atoms with E-state index < -0.39 is 5.79 Å². The molecule has 4 aromatic rings. The van der Waals surface area contributed by atoms with Crippen LogP contribution < -0.4 is 19.9 Å². The van der Waals surface area contributed by atoms with Gasteiger partial charge < -0.3 is 24.4 Å². The van der Waals surface area contributed by atoms with Crippen molar-refractivity contribution in [2.45, 2.75) is 51.3 Å². The van der Waals surface area contributed by atoms with E-state index in [0.717, 1.165) is 54.4 Å². The van der Waals surface area contributed by atoms with Crippen LogP contribution in [0.2, 0.25) is 10.0 Å². The molecule has 1 N–H and O–H groups in total. The molecule has 250 valence electrons. The van der Waals surface area contributed by atoms with Crippen molar-refractivity contribution in [3.05, 3.63) is 94.5 Å². The quantitative estimate of drug-likeness (QED) is 0.211. The number of aromatic nitrogens is 3. The molecule has 3 aliphatic heterocycles. The molecule has 3 aromatic carbocycles. The Bertz CT molecular complexity index is 1790. The number of hydrogen-bond acceptors (Lipinski definition) is 9. The number of amides is 1. The van der Waals surface area contributed by atoms with Crippen LogP contribution in [0.5, 0.6) is 5.75 Å². The van der Waals surface area contributed by atoms with Gasteiger partial charge in [0, 0.05) is 47.7 Å². The van der Waals surface area contributed by atoms with Crippen molar-refractivity contribution in [2.75, 3.05) is 41.4 Å². The second-order valence-electron chi connectivity index (χ2n) is 12.3. The summed E-state index contributed by atoms with van der Waals surface area (Å²) in [5.41, 5.74) is 4.76. The lowest BCUT2D eigenvalue weighted by Crippen LogP contribution is -2.35. The minimum atomic E-state index is -1.17. The molecule has 4 heterocycles. The second-order valence-corrected chi connectivity index (χ2v) is 13.2. The smallest absolute Gasteiger partial charge is 0.257 e. The Balaban J connectivity index is 0.991. The van der Waals surface area contributed by atoms with Gasteiger partial charge in [-0.2, -0.15) is 5.10 Å². The minimum Gasteiger partial charge on any atom is -0.491 e. The Morgan fingerprint density at radius 1 is 1.10 bits per heavy atom. The molecule has 48 heavy (non-hydrogen) atoms. The fourth-order valence-electron chi connectivity index (χ4n) is 6.28. The van der Waals surface area contributed by atoms with E-state index in [1.807, 2.05) is 30.3 Å². The number of nitrogens with zero attached hydrogens (tertiary/aromatic N) is 6. The van der Waals surface area contributed by atoms with Crippen molar-refractivity contribution in [3.8, 4) is 5.75 Å². The number of hydrogen-bond donors (Lipinski definition) is 1. The van der Waals surface area contributed by atoms with Crippen molar-refractivity contribution in [2.24, 2.45) is 10.9 Å². The summed E-state index contributed by atoms with van der Waals surface area (Å²) in [6, 6.07) is 19.2. The highest BCUT2D eigenvalue weighted by Gasteiger charge is 2.45. The van der Waals surface area contributed by atoms with Gasteiger partial charge in [0.1, 0.15) is 43.7 Å². The van der Waals surface area contributed by atoms with E-state index in [1.54, 1.807) is 34.4 Å². The first-order chi connectivity index (χ1) is 23.3. The van der Waals surface area contributed by atoms with E-state index in [-0.39, 0.29) is 37.1 Å². The number of nitrogens with one attached hydrogen (secondary N) is 1. The van der Waals surface area contributed by atoms with Crippen molar-refractivity contribution in [1.82, 2.24) is 14.8 Å². The lowest BCUT2D eigenvalue weighted by Gasteiger charge is -2.29. The SMILES string of the molecule is CCC(C)C1N=CN(c2ccc(N3CCNc4cc(OC[C@H]5CO[C@](Cn6cncn6)(c6ccc(Cl)cc6Cl)O5)ccc4C3)cc2)C1=O. The summed E-state index contributed by atoms with van der Waals surface area (Å²) in [4.78, 5) is 25.4. The van der Waals surface area contributed by atoms with Crippen LogP contribution in [0.1, 0.15) is 31.4 Å². The number of aliphatic imine (C=N–C) groups is 1. The number of carbonyl (C=O) groups excluding carboxylic acids is 1. The number of ether oxygens (including phenoxy) is 3. The normalized spacial score (nSPS) is 22.8. The van der Waals surface area contributed by atoms with Gasteiger partial charge in [0.05, 0.1) is 23.7 Å². The van der Waals surface area contributed by atoms with Crippen LogP contribution in [0.4, 0.5) is 17.1 Å². The van der Waals surface area contributed by atoms with E-state index in [2.05, 4.69) is 57.3 Å². The summed E-state index contributed by atoms with van der Waals surface area (Å²) < 4.78 is 20.7. The lowest BCUT2D eigenvalue weighted by molar-refractivity contribution is -0.190. The van der Waals surface area contributed by atoms with Crippen molar-refractivity contribution < 1.29 is 19.0 Å². The summed E-state index contributed by atoms with van der Waals surface area (Å²) in [7, 11) is 0. The summed E-state index contributed by atoms with van der Waals surface area (Å²) >= 11 is 12.8. The molecular weight excluding hydrogens is 653 g/mol. The average Bonchev–Trinajstić information content (AvgIpc) is 3.81. The van der Waals surface area contributed by atoms with Crippen LogP contribution in [0.25, 0.3) is 0 Å². The van der Waals surface area contributed by atoms with Crippen LogP contribution in [0, 0.1) is 5.92 Å². The van der Waals surface area contributed by atoms with Gasteiger partial charge in [-0.3, -0.25) is 14.7 Å². The van der Waals surface area contributed by atoms with Crippen molar-refractivity contribution in [3.63, 3.8) is 0 Å². The molecule has 1 aromatic heterocycles. The first kappa shape index (κ1) is 32.4. The molecule has 0 radical (unpaired) electrons. The zero-order valence-electron chi connectivity index (χ0n) is 26.8. The molecule has 0 spiro atoms. The van der Waals surface area contributed by atoms with E-state index in [9.17, 15) is 4.79 Å². The molecule has 1 amide bonds. The van der Waals surface area contributed by atoms with E-state index in [4.69, 9.17) is 37.4 Å². The first-order valence-electron chi connectivity index (χ1n) is 16.1. The maximum Gasteiger partial charge on any atom is 0.257 e. The standard InChI is InChI=1S/C35H37Cl2N7O4/c1-3-23(2)33-34(45)44(22-40-33)27-8-6-26(7-9-27)42-13-12-39-32-15-28(10-4-24(32)16-42)46-17-29-18-47-35(48-29,19-43-21-38-20-41-43)30-11-5-25(36)14-31(30)37/h4-11,14-15,20-23,29,33,39H,3,12-13,16-19H2,1-2H3/t23?,29-,33?,35-/m0/s1. The summed E-state index contributed by atoms with van der Waals surface area (Å²) in [6.45, 7) is 7.31. The third-order valence-electron chi connectivity index (χ3n) is 9.12. The molecule has 11 nitrogen and oxygen atoms in total.